The van der Waals surface area contributed by atoms with Crippen LogP contribution in [0.5, 0.6) is 0 Å². The van der Waals surface area contributed by atoms with Crippen LogP contribution in [0, 0.1) is 46.5 Å². The molecule has 0 aromatic heterocycles. The molecule has 0 saturated carbocycles. The molecule has 0 spiro atoms. The lowest BCUT2D eigenvalue weighted by atomic mass is 10.1. The predicted molar refractivity (Wildman–Crippen MR) is 107 cm³/mol. The third-order valence-electron chi connectivity index (χ3n) is 3.89. The van der Waals surface area contributed by atoms with Crippen molar-refractivity contribution in [2.24, 2.45) is 0 Å². The SMILES string of the molecule is Nc1c(F)c(F)c(C(=O)OCCSSCCOC(=O)c2c(F)c(F)c(N)c(F)c2F)c(F)c1F. The quantitative estimate of drug-likeness (QED) is 0.122. The van der Waals surface area contributed by atoms with E-state index in [1.54, 1.807) is 0 Å². The van der Waals surface area contributed by atoms with Gasteiger partial charge in [0.15, 0.2) is 46.5 Å². The van der Waals surface area contributed by atoms with Gasteiger partial charge in [0.25, 0.3) is 0 Å². The molecular weight excluding hydrogens is 524 g/mol. The first-order chi connectivity index (χ1) is 15.9. The molecule has 2 aromatic rings. The molecule has 2 aromatic carbocycles. The lowest BCUT2D eigenvalue weighted by Gasteiger charge is -2.10. The fraction of sp³-hybridized carbons (Fsp3) is 0.222. The monoisotopic (exact) mass is 536 g/mol. The molecule has 0 aliphatic carbocycles. The number of esters is 2. The lowest BCUT2D eigenvalue weighted by Crippen LogP contribution is -2.16. The van der Waals surface area contributed by atoms with Gasteiger partial charge in [-0.2, -0.15) is 0 Å². The Kier molecular flexibility index (Phi) is 9.26. The molecule has 34 heavy (non-hydrogen) atoms. The zero-order valence-electron chi connectivity index (χ0n) is 16.5. The average Bonchev–Trinajstić information content (AvgIpc) is 2.80. The van der Waals surface area contributed by atoms with Crippen LogP contribution >= 0.6 is 21.6 Å². The summed E-state index contributed by atoms with van der Waals surface area (Å²) in [6, 6.07) is 0. The van der Waals surface area contributed by atoms with Crippen LogP contribution in [0.2, 0.25) is 0 Å². The summed E-state index contributed by atoms with van der Waals surface area (Å²) >= 11 is 0. The highest BCUT2D eigenvalue weighted by molar-refractivity contribution is 8.76. The molecule has 4 N–H and O–H groups in total. The molecule has 0 saturated heterocycles. The Labute approximate surface area is 193 Å². The maximum Gasteiger partial charge on any atom is 0.344 e. The smallest absolute Gasteiger partial charge is 0.344 e. The van der Waals surface area contributed by atoms with E-state index < -0.39 is 94.2 Å². The van der Waals surface area contributed by atoms with Gasteiger partial charge in [0.05, 0.1) is 0 Å². The number of nitrogens with two attached hydrogens (primary N) is 2. The van der Waals surface area contributed by atoms with Gasteiger partial charge in [-0.1, -0.05) is 21.6 Å². The molecule has 0 unspecified atom stereocenters. The highest BCUT2D eigenvalue weighted by Crippen LogP contribution is 2.28. The summed E-state index contributed by atoms with van der Waals surface area (Å²) in [6.07, 6.45) is 0. The number of ether oxygens (including phenoxy) is 2. The van der Waals surface area contributed by atoms with Gasteiger partial charge < -0.3 is 20.9 Å². The van der Waals surface area contributed by atoms with Crippen molar-refractivity contribution < 1.29 is 54.2 Å². The van der Waals surface area contributed by atoms with Gasteiger partial charge in [0.1, 0.15) is 35.7 Å². The van der Waals surface area contributed by atoms with Gasteiger partial charge in [0, 0.05) is 11.5 Å². The van der Waals surface area contributed by atoms with E-state index in [-0.39, 0.29) is 11.5 Å². The Morgan fingerprint density at radius 2 is 0.824 bits per heavy atom. The summed E-state index contributed by atoms with van der Waals surface area (Å²) in [4.78, 5) is 23.4. The van der Waals surface area contributed by atoms with E-state index in [1.165, 1.54) is 0 Å². The van der Waals surface area contributed by atoms with Crippen LogP contribution in [0.4, 0.5) is 46.5 Å². The van der Waals surface area contributed by atoms with E-state index >= 15 is 0 Å². The van der Waals surface area contributed by atoms with E-state index in [4.69, 9.17) is 11.5 Å². The van der Waals surface area contributed by atoms with Crippen LogP contribution in [0.1, 0.15) is 20.7 Å². The molecule has 6 nitrogen and oxygen atoms in total. The number of carbonyl (C=O) groups excluding carboxylic acids is 2. The van der Waals surface area contributed by atoms with Crippen molar-refractivity contribution in [2.45, 2.75) is 0 Å². The van der Waals surface area contributed by atoms with E-state index in [0.717, 1.165) is 21.6 Å². The van der Waals surface area contributed by atoms with Crippen molar-refractivity contribution >= 4 is 44.9 Å². The van der Waals surface area contributed by atoms with Crippen molar-refractivity contribution in [1.29, 1.82) is 0 Å². The summed E-state index contributed by atoms with van der Waals surface area (Å²) in [5.41, 5.74) is 3.59. The van der Waals surface area contributed by atoms with Gasteiger partial charge >= 0.3 is 11.9 Å². The largest absolute Gasteiger partial charge is 0.461 e. The molecule has 0 bridgehead atoms. The minimum atomic E-state index is -2.01. The number of nitrogen functional groups attached to an aromatic ring is 2. The molecule has 0 atom stereocenters. The molecular formula is C18H12F8N2O4S2. The number of anilines is 2. The molecule has 0 aliphatic rings. The average molecular weight is 536 g/mol. The van der Waals surface area contributed by atoms with E-state index in [1.807, 2.05) is 0 Å². The second-order valence-corrected chi connectivity index (χ2v) is 8.71. The number of hydrogen-bond acceptors (Lipinski definition) is 8. The van der Waals surface area contributed by atoms with Crippen molar-refractivity contribution in [3.63, 3.8) is 0 Å². The number of carbonyl (C=O) groups is 2. The van der Waals surface area contributed by atoms with Crippen LogP contribution in [0.25, 0.3) is 0 Å². The number of hydrogen-bond donors (Lipinski definition) is 2. The van der Waals surface area contributed by atoms with Gasteiger partial charge in [-0.15, -0.1) is 0 Å². The molecule has 0 amide bonds. The van der Waals surface area contributed by atoms with Crippen LogP contribution < -0.4 is 11.5 Å². The van der Waals surface area contributed by atoms with Gasteiger partial charge in [-0.05, 0) is 0 Å². The molecule has 16 heteroatoms. The van der Waals surface area contributed by atoms with Gasteiger partial charge in [-0.25, -0.2) is 44.7 Å². The zero-order chi connectivity index (χ0) is 25.7. The Hall–Kier alpha value is -2.88. The number of halogens is 8. The molecule has 0 fully saturated rings. The van der Waals surface area contributed by atoms with Crippen molar-refractivity contribution in [2.75, 3.05) is 36.2 Å². The highest BCUT2D eigenvalue weighted by Gasteiger charge is 2.30. The molecule has 0 aliphatic heterocycles. The van der Waals surface area contributed by atoms with Crippen LogP contribution in [-0.4, -0.2) is 36.7 Å². The van der Waals surface area contributed by atoms with Crippen LogP contribution in [-0.2, 0) is 9.47 Å². The maximum atomic E-state index is 13.7. The van der Waals surface area contributed by atoms with Crippen LogP contribution in [0.3, 0.4) is 0 Å². The maximum absolute atomic E-state index is 13.7. The second-order valence-electron chi connectivity index (χ2n) is 6.00. The Morgan fingerprint density at radius 3 is 1.09 bits per heavy atom. The lowest BCUT2D eigenvalue weighted by molar-refractivity contribution is 0.0506. The van der Waals surface area contributed by atoms with Crippen molar-refractivity contribution in [3.8, 4) is 0 Å². The fourth-order valence-electron chi connectivity index (χ4n) is 2.25. The van der Waals surface area contributed by atoms with E-state index in [2.05, 4.69) is 9.47 Å². The van der Waals surface area contributed by atoms with Crippen LogP contribution in [0.15, 0.2) is 0 Å². The standard InChI is InChI=1S/C18H12F8N2O4S2/c19-7-5(8(20)12(24)15(27)11(7)23)17(29)31-1-3-33-34-4-2-32-18(30)6-9(21)13(25)16(28)14(26)10(6)22/h1-4,27-28H2. The number of benzene rings is 2. The van der Waals surface area contributed by atoms with E-state index in [0.29, 0.717) is 0 Å². The minimum Gasteiger partial charge on any atom is -0.461 e. The first kappa shape index (κ1) is 27.4. The van der Waals surface area contributed by atoms with Crippen molar-refractivity contribution in [1.82, 2.24) is 0 Å². The van der Waals surface area contributed by atoms with E-state index in [9.17, 15) is 44.7 Å². The summed E-state index contributed by atoms with van der Waals surface area (Å²) in [5.74, 6) is -19.2. The Morgan fingerprint density at radius 1 is 0.559 bits per heavy atom. The summed E-state index contributed by atoms with van der Waals surface area (Å²) < 4.78 is 117. The minimum absolute atomic E-state index is 0.00876. The summed E-state index contributed by atoms with van der Waals surface area (Å²) in [7, 11) is 1.95. The Balaban J connectivity index is 1.77. The highest BCUT2D eigenvalue weighted by atomic mass is 33.1. The van der Waals surface area contributed by atoms with Gasteiger partial charge in [-0.3, -0.25) is 0 Å². The second kappa shape index (κ2) is 11.5. The first-order valence-corrected chi connectivity index (χ1v) is 11.2. The predicted octanol–water partition coefficient (Wildman–Crippen LogP) is 4.36. The fourth-order valence-corrected chi connectivity index (χ4v) is 3.91. The summed E-state index contributed by atoms with van der Waals surface area (Å²) in [5, 5.41) is 0. The molecule has 186 valence electrons. The summed E-state index contributed by atoms with van der Waals surface area (Å²) in [6.45, 7) is -0.910. The zero-order valence-corrected chi connectivity index (χ0v) is 18.1. The third kappa shape index (κ3) is 5.60. The Bertz CT molecular complexity index is 991. The number of rotatable bonds is 9. The topological polar surface area (TPSA) is 105 Å². The molecule has 2 rings (SSSR count). The molecule has 0 heterocycles. The molecule has 0 radical (unpaired) electrons. The normalized spacial score (nSPS) is 10.9. The first-order valence-electron chi connectivity index (χ1n) is 8.73. The van der Waals surface area contributed by atoms with Gasteiger partial charge in [0.2, 0.25) is 0 Å². The van der Waals surface area contributed by atoms with Crippen molar-refractivity contribution in [3.05, 3.63) is 57.7 Å². The third-order valence-corrected chi connectivity index (χ3v) is 6.22.